The summed E-state index contributed by atoms with van der Waals surface area (Å²) in [6.45, 7) is 8.97. The van der Waals surface area contributed by atoms with Crippen LogP contribution in [0.15, 0.2) is 41.2 Å². The smallest absolute Gasteiger partial charge is 0.252 e. The number of benzene rings is 2. The Hall–Kier alpha value is -2.63. The van der Waals surface area contributed by atoms with Gasteiger partial charge in [-0.15, -0.1) is 0 Å². The SMILES string of the molecule is Cc1ccc(OC[C@H](O)CNCc2cc3c(C)ccc(C)c3[nH]c2=O)c(C)c1. The lowest BCUT2D eigenvalue weighted by Gasteiger charge is -2.15. The molecule has 3 aromatic rings. The molecule has 0 fully saturated rings. The molecule has 0 radical (unpaired) electrons. The summed E-state index contributed by atoms with van der Waals surface area (Å²) in [5, 5.41) is 14.4. The monoisotopic (exact) mass is 380 g/mol. The van der Waals surface area contributed by atoms with Crippen molar-refractivity contribution in [2.24, 2.45) is 0 Å². The molecule has 2 aromatic carbocycles. The predicted octanol–water partition coefficient (Wildman–Crippen LogP) is 3.29. The number of pyridine rings is 1. The van der Waals surface area contributed by atoms with Crippen LogP contribution in [0.3, 0.4) is 0 Å². The number of aromatic amines is 1. The van der Waals surface area contributed by atoms with E-state index in [4.69, 9.17) is 4.74 Å². The van der Waals surface area contributed by atoms with Crippen molar-refractivity contribution < 1.29 is 9.84 Å². The van der Waals surface area contributed by atoms with Gasteiger partial charge in [0.05, 0.1) is 5.52 Å². The summed E-state index contributed by atoms with van der Waals surface area (Å²) < 4.78 is 5.71. The van der Waals surface area contributed by atoms with Crippen LogP contribution in [0.4, 0.5) is 0 Å². The Balaban J connectivity index is 1.58. The van der Waals surface area contributed by atoms with Crippen LogP contribution in [0.5, 0.6) is 5.75 Å². The van der Waals surface area contributed by atoms with Gasteiger partial charge in [0.25, 0.3) is 5.56 Å². The number of rotatable bonds is 7. The maximum Gasteiger partial charge on any atom is 0.252 e. The second-order valence-electron chi connectivity index (χ2n) is 7.48. The van der Waals surface area contributed by atoms with E-state index < -0.39 is 6.10 Å². The first-order valence-electron chi connectivity index (χ1n) is 9.56. The highest BCUT2D eigenvalue weighted by atomic mass is 16.5. The topological polar surface area (TPSA) is 74.3 Å². The fourth-order valence-corrected chi connectivity index (χ4v) is 3.33. The van der Waals surface area contributed by atoms with Gasteiger partial charge in [-0.25, -0.2) is 0 Å². The normalized spacial score (nSPS) is 12.3. The van der Waals surface area contributed by atoms with E-state index in [1.54, 1.807) is 0 Å². The fourth-order valence-electron chi connectivity index (χ4n) is 3.33. The van der Waals surface area contributed by atoms with Gasteiger partial charge in [0.15, 0.2) is 0 Å². The Kier molecular flexibility index (Phi) is 6.17. The van der Waals surface area contributed by atoms with Gasteiger partial charge >= 0.3 is 0 Å². The standard InChI is InChI=1S/C23H28N2O3/c1-14-5-8-21(17(4)9-14)28-13-19(26)12-24-11-18-10-20-15(2)6-7-16(3)22(20)25-23(18)27/h5-10,19,24,26H,11-13H2,1-4H3,(H,25,27)/t19-/m1/s1. The highest BCUT2D eigenvalue weighted by molar-refractivity contribution is 5.85. The van der Waals surface area contributed by atoms with Crippen molar-refractivity contribution in [3.63, 3.8) is 0 Å². The van der Waals surface area contributed by atoms with E-state index in [1.165, 1.54) is 5.56 Å². The second kappa shape index (κ2) is 8.59. The van der Waals surface area contributed by atoms with Crippen LogP contribution in [0, 0.1) is 27.7 Å². The molecule has 0 aliphatic heterocycles. The molecule has 3 N–H and O–H groups in total. The largest absolute Gasteiger partial charge is 0.491 e. The Morgan fingerprint density at radius 1 is 1.04 bits per heavy atom. The molecule has 1 heterocycles. The third kappa shape index (κ3) is 4.61. The van der Waals surface area contributed by atoms with Gasteiger partial charge in [-0.3, -0.25) is 4.79 Å². The number of aryl methyl sites for hydroxylation is 4. The number of ether oxygens (including phenoxy) is 1. The summed E-state index contributed by atoms with van der Waals surface area (Å²) in [7, 11) is 0. The zero-order valence-corrected chi connectivity index (χ0v) is 16.9. The van der Waals surface area contributed by atoms with Crippen LogP contribution in [0.25, 0.3) is 10.9 Å². The summed E-state index contributed by atoms with van der Waals surface area (Å²) in [6.07, 6.45) is -0.663. The van der Waals surface area contributed by atoms with Crippen molar-refractivity contribution in [1.29, 1.82) is 0 Å². The van der Waals surface area contributed by atoms with Crippen LogP contribution in [-0.2, 0) is 6.54 Å². The maximum absolute atomic E-state index is 12.4. The molecule has 5 heteroatoms. The molecule has 3 rings (SSSR count). The lowest BCUT2D eigenvalue weighted by Crippen LogP contribution is -2.32. The average molecular weight is 380 g/mol. The zero-order valence-electron chi connectivity index (χ0n) is 16.9. The molecular weight excluding hydrogens is 352 g/mol. The number of aliphatic hydroxyl groups is 1. The quantitative estimate of drug-likeness (QED) is 0.588. The zero-order chi connectivity index (χ0) is 20.3. The van der Waals surface area contributed by atoms with Crippen LogP contribution in [0.2, 0.25) is 0 Å². The van der Waals surface area contributed by atoms with E-state index in [1.807, 2.05) is 52.0 Å². The predicted molar refractivity (Wildman–Crippen MR) is 113 cm³/mol. The Bertz CT molecular complexity index is 1040. The third-order valence-corrected chi connectivity index (χ3v) is 4.98. The van der Waals surface area contributed by atoms with Crippen molar-refractivity contribution >= 4 is 10.9 Å². The molecule has 0 saturated heterocycles. The van der Waals surface area contributed by atoms with Crippen LogP contribution >= 0.6 is 0 Å². The fraction of sp³-hybridized carbons (Fsp3) is 0.348. The number of H-pyrrole nitrogens is 1. The van der Waals surface area contributed by atoms with E-state index in [0.717, 1.165) is 33.3 Å². The number of hydrogen-bond acceptors (Lipinski definition) is 4. The highest BCUT2D eigenvalue weighted by Gasteiger charge is 2.10. The summed E-state index contributed by atoms with van der Waals surface area (Å²) >= 11 is 0. The Morgan fingerprint density at radius 2 is 1.79 bits per heavy atom. The molecule has 0 saturated carbocycles. The van der Waals surface area contributed by atoms with Crippen molar-refractivity contribution in [2.75, 3.05) is 13.2 Å². The van der Waals surface area contributed by atoms with Crippen molar-refractivity contribution in [2.45, 2.75) is 40.3 Å². The van der Waals surface area contributed by atoms with E-state index >= 15 is 0 Å². The summed E-state index contributed by atoms with van der Waals surface area (Å²) in [5.74, 6) is 0.779. The van der Waals surface area contributed by atoms with Crippen molar-refractivity contribution in [3.8, 4) is 5.75 Å². The average Bonchev–Trinajstić information content (AvgIpc) is 2.65. The molecule has 0 aliphatic carbocycles. The lowest BCUT2D eigenvalue weighted by atomic mass is 10.0. The molecule has 28 heavy (non-hydrogen) atoms. The molecule has 0 spiro atoms. The van der Waals surface area contributed by atoms with Gasteiger partial charge in [-0.1, -0.05) is 29.8 Å². The number of aliphatic hydroxyl groups excluding tert-OH is 1. The first-order chi connectivity index (χ1) is 13.3. The van der Waals surface area contributed by atoms with Gasteiger partial charge in [-0.05, 0) is 56.5 Å². The van der Waals surface area contributed by atoms with E-state index in [-0.39, 0.29) is 12.2 Å². The minimum Gasteiger partial charge on any atom is -0.491 e. The third-order valence-electron chi connectivity index (χ3n) is 4.98. The number of nitrogens with one attached hydrogen (secondary N) is 2. The first-order valence-corrected chi connectivity index (χ1v) is 9.56. The van der Waals surface area contributed by atoms with E-state index in [2.05, 4.69) is 22.4 Å². The summed E-state index contributed by atoms with van der Waals surface area (Å²) in [5.41, 5.74) is 5.84. The number of hydrogen-bond donors (Lipinski definition) is 3. The van der Waals surface area contributed by atoms with E-state index in [9.17, 15) is 9.90 Å². The van der Waals surface area contributed by atoms with Crippen molar-refractivity contribution in [1.82, 2.24) is 10.3 Å². The van der Waals surface area contributed by atoms with Crippen LogP contribution in [-0.4, -0.2) is 29.3 Å². The molecule has 1 aromatic heterocycles. The first kappa shape index (κ1) is 20.1. The number of fused-ring (bicyclic) bond motifs is 1. The summed E-state index contributed by atoms with van der Waals surface area (Å²) in [6, 6.07) is 12.0. The molecule has 0 amide bonds. The maximum atomic E-state index is 12.4. The molecule has 1 atom stereocenters. The molecule has 148 valence electrons. The lowest BCUT2D eigenvalue weighted by molar-refractivity contribution is 0.106. The molecule has 0 aliphatic rings. The Labute approximate surface area is 165 Å². The summed E-state index contributed by atoms with van der Waals surface area (Å²) in [4.78, 5) is 15.3. The highest BCUT2D eigenvalue weighted by Crippen LogP contribution is 2.20. The molecule has 0 unspecified atom stereocenters. The van der Waals surface area contributed by atoms with Crippen molar-refractivity contribution in [3.05, 3.63) is 74.6 Å². The Morgan fingerprint density at radius 3 is 2.54 bits per heavy atom. The van der Waals surface area contributed by atoms with Gasteiger partial charge in [-0.2, -0.15) is 0 Å². The minimum atomic E-state index is -0.663. The van der Waals surface area contributed by atoms with Gasteiger partial charge in [0.1, 0.15) is 18.5 Å². The van der Waals surface area contributed by atoms with Gasteiger partial charge < -0.3 is 20.1 Å². The number of aromatic nitrogens is 1. The van der Waals surface area contributed by atoms with Crippen LogP contribution in [0.1, 0.15) is 27.8 Å². The molecule has 0 bridgehead atoms. The van der Waals surface area contributed by atoms with Crippen LogP contribution < -0.4 is 15.6 Å². The van der Waals surface area contributed by atoms with Gasteiger partial charge in [0, 0.05) is 24.0 Å². The van der Waals surface area contributed by atoms with Gasteiger partial charge in [0.2, 0.25) is 0 Å². The van der Waals surface area contributed by atoms with E-state index in [0.29, 0.717) is 18.7 Å². The second-order valence-corrected chi connectivity index (χ2v) is 7.48. The minimum absolute atomic E-state index is 0.102. The molecule has 5 nitrogen and oxygen atoms in total. The molecular formula is C23H28N2O3.